The van der Waals surface area contributed by atoms with E-state index in [9.17, 15) is 19.3 Å². The van der Waals surface area contributed by atoms with Gasteiger partial charge in [-0.15, -0.1) is 0 Å². The minimum absolute atomic E-state index is 0.0146. The number of ether oxygens (including phenoxy) is 1. The van der Waals surface area contributed by atoms with Crippen molar-refractivity contribution in [2.75, 3.05) is 0 Å². The maximum absolute atomic E-state index is 13.2. The molecule has 0 aromatic heterocycles. The zero-order valence-electron chi connectivity index (χ0n) is 11.9. The van der Waals surface area contributed by atoms with Crippen molar-refractivity contribution in [3.63, 3.8) is 0 Å². The average molecular weight is 347 g/mol. The summed E-state index contributed by atoms with van der Waals surface area (Å²) in [5.74, 6) is -1.20. The number of carbonyl (C=O) groups is 1. The van der Waals surface area contributed by atoms with E-state index in [1.165, 1.54) is 42.5 Å². The average Bonchev–Trinajstić information content (AvgIpc) is 2.88. The Morgan fingerprint density at radius 1 is 1.25 bits per heavy atom. The van der Waals surface area contributed by atoms with E-state index in [1.807, 2.05) is 0 Å². The van der Waals surface area contributed by atoms with E-state index in [4.69, 9.17) is 16.3 Å². The summed E-state index contributed by atoms with van der Waals surface area (Å²) in [6, 6.07) is 9.48. The summed E-state index contributed by atoms with van der Waals surface area (Å²) in [7, 11) is 0. The van der Waals surface area contributed by atoms with Crippen LogP contribution in [0, 0.1) is 15.9 Å². The number of halogens is 2. The van der Waals surface area contributed by atoms with Crippen LogP contribution in [-0.4, -0.2) is 16.8 Å². The van der Waals surface area contributed by atoms with E-state index in [0.29, 0.717) is 11.1 Å². The Balaban J connectivity index is 1.94. The highest BCUT2D eigenvalue weighted by molar-refractivity contribution is 6.32. The van der Waals surface area contributed by atoms with E-state index in [1.54, 1.807) is 6.07 Å². The van der Waals surface area contributed by atoms with Gasteiger partial charge in [0.15, 0.2) is 5.70 Å². The third-order valence-corrected chi connectivity index (χ3v) is 3.47. The summed E-state index contributed by atoms with van der Waals surface area (Å²) in [6.45, 7) is 0. The maximum Gasteiger partial charge on any atom is 0.363 e. The van der Waals surface area contributed by atoms with Crippen molar-refractivity contribution in [3.05, 3.63) is 80.2 Å². The quantitative estimate of drug-likeness (QED) is 0.367. The second kappa shape index (κ2) is 6.21. The molecule has 2 aromatic carbocycles. The zero-order chi connectivity index (χ0) is 17.3. The summed E-state index contributed by atoms with van der Waals surface area (Å²) >= 11 is 5.82. The van der Waals surface area contributed by atoms with Crippen LogP contribution in [0.1, 0.15) is 11.1 Å². The highest BCUT2D eigenvalue weighted by atomic mass is 35.5. The van der Waals surface area contributed by atoms with E-state index in [-0.39, 0.29) is 22.3 Å². The summed E-state index contributed by atoms with van der Waals surface area (Å²) in [5.41, 5.74) is 0.520. The van der Waals surface area contributed by atoms with Gasteiger partial charge in [-0.2, -0.15) is 0 Å². The molecule has 24 heavy (non-hydrogen) atoms. The van der Waals surface area contributed by atoms with Crippen LogP contribution in [0.4, 0.5) is 10.1 Å². The molecule has 0 unspecified atom stereocenters. The molecule has 0 fully saturated rings. The van der Waals surface area contributed by atoms with Crippen LogP contribution in [0.3, 0.4) is 0 Å². The lowest BCUT2D eigenvalue weighted by Gasteiger charge is -1.98. The maximum atomic E-state index is 13.2. The van der Waals surface area contributed by atoms with Gasteiger partial charge in [0.1, 0.15) is 10.8 Å². The second-order valence-electron chi connectivity index (χ2n) is 4.81. The third-order valence-electron chi connectivity index (χ3n) is 3.16. The molecule has 0 atom stereocenters. The molecule has 8 heteroatoms. The highest BCUT2D eigenvalue weighted by Gasteiger charge is 2.24. The molecule has 0 bridgehead atoms. The van der Waals surface area contributed by atoms with Crippen molar-refractivity contribution < 1.29 is 18.8 Å². The van der Waals surface area contributed by atoms with Gasteiger partial charge in [0.25, 0.3) is 5.69 Å². The molecule has 0 N–H and O–H groups in total. The molecule has 0 amide bonds. The van der Waals surface area contributed by atoms with Gasteiger partial charge in [-0.3, -0.25) is 10.1 Å². The molecule has 3 rings (SSSR count). The topological polar surface area (TPSA) is 81.8 Å². The van der Waals surface area contributed by atoms with E-state index in [2.05, 4.69) is 4.99 Å². The molecule has 0 radical (unpaired) electrons. The van der Waals surface area contributed by atoms with Crippen molar-refractivity contribution in [3.8, 4) is 0 Å². The minimum atomic E-state index is -0.705. The summed E-state index contributed by atoms with van der Waals surface area (Å²) in [6.07, 6.45) is 1.38. The fourth-order valence-corrected chi connectivity index (χ4v) is 2.33. The Bertz CT molecular complexity index is 924. The zero-order valence-corrected chi connectivity index (χ0v) is 12.7. The molecule has 1 aliphatic heterocycles. The van der Waals surface area contributed by atoms with Crippen molar-refractivity contribution in [1.29, 1.82) is 0 Å². The number of esters is 1. The van der Waals surface area contributed by atoms with Crippen LogP contribution in [-0.2, 0) is 9.53 Å². The van der Waals surface area contributed by atoms with Gasteiger partial charge < -0.3 is 4.74 Å². The summed E-state index contributed by atoms with van der Waals surface area (Å²) < 4.78 is 18.2. The Morgan fingerprint density at radius 2 is 2.04 bits per heavy atom. The molecule has 2 aromatic rings. The first-order valence-electron chi connectivity index (χ1n) is 6.66. The van der Waals surface area contributed by atoms with Gasteiger partial charge in [0, 0.05) is 11.6 Å². The molecule has 0 spiro atoms. The molecule has 1 aliphatic rings. The fraction of sp³-hybridized carbons (Fsp3) is 0. The number of hydrogen-bond donors (Lipinski definition) is 0. The van der Waals surface area contributed by atoms with Gasteiger partial charge in [0.2, 0.25) is 5.90 Å². The Kier molecular flexibility index (Phi) is 4.09. The first-order chi connectivity index (χ1) is 11.4. The van der Waals surface area contributed by atoms with Crippen molar-refractivity contribution in [2.24, 2.45) is 4.99 Å². The smallest absolute Gasteiger partial charge is 0.363 e. The predicted molar refractivity (Wildman–Crippen MR) is 85.1 cm³/mol. The summed E-state index contributed by atoms with van der Waals surface area (Å²) in [4.78, 5) is 26.0. The molecule has 0 aliphatic carbocycles. The third kappa shape index (κ3) is 3.16. The lowest BCUT2D eigenvalue weighted by molar-refractivity contribution is -0.384. The normalized spacial score (nSPS) is 15.3. The second-order valence-corrected chi connectivity index (χ2v) is 5.22. The van der Waals surface area contributed by atoms with Crippen LogP contribution >= 0.6 is 11.6 Å². The number of cyclic esters (lactones) is 1. The number of aliphatic imine (C=N–C) groups is 1. The number of nitro groups is 1. The van der Waals surface area contributed by atoms with Crippen LogP contribution in [0.5, 0.6) is 0 Å². The summed E-state index contributed by atoms with van der Waals surface area (Å²) in [5, 5.41) is 10.7. The van der Waals surface area contributed by atoms with Crippen LogP contribution < -0.4 is 0 Å². The lowest BCUT2D eigenvalue weighted by Crippen LogP contribution is -2.05. The number of rotatable bonds is 3. The van der Waals surface area contributed by atoms with E-state index >= 15 is 0 Å². The lowest BCUT2D eigenvalue weighted by atomic mass is 10.2. The fourth-order valence-electron chi connectivity index (χ4n) is 2.07. The number of nitro benzene ring substituents is 1. The number of nitrogens with zero attached hydrogens (tertiary/aromatic N) is 2. The first-order valence-corrected chi connectivity index (χ1v) is 7.04. The molecule has 120 valence electrons. The standard InChI is InChI=1S/C16H8ClFN2O4/c17-12-6-9(4-5-14(12)20(22)23)7-13-16(21)24-15(19-13)10-2-1-3-11(18)8-10/h1-8H/b13-7+. The van der Waals surface area contributed by atoms with E-state index in [0.717, 1.165) is 0 Å². The van der Waals surface area contributed by atoms with Crippen LogP contribution in [0.25, 0.3) is 6.08 Å². The Morgan fingerprint density at radius 3 is 2.71 bits per heavy atom. The highest BCUT2D eigenvalue weighted by Crippen LogP contribution is 2.27. The van der Waals surface area contributed by atoms with Crippen molar-refractivity contribution in [2.45, 2.75) is 0 Å². The van der Waals surface area contributed by atoms with Gasteiger partial charge in [0.05, 0.1) is 4.92 Å². The Labute approximate surface area is 140 Å². The molecule has 0 saturated carbocycles. The predicted octanol–water partition coefficient (Wildman–Crippen LogP) is 3.73. The van der Waals surface area contributed by atoms with Gasteiger partial charge >= 0.3 is 5.97 Å². The van der Waals surface area contributed by atoms with Gasteiger partial charge in [-0.1, -0.05) is 17.7 Å². The monoisotopic (exact) mass is 346 g/mol. The number of hydrogen-bond acceptors (Lipinski definition) is 5. The van der Waals surface area contributed by atoms with Crippen molar-refractivity contribution >= 4 is 35.2 Å². The van der Waals surface area contributed by atoms with Crippen molar-refractivity contribution in [1.82, 2.24) is 0 Å². The molecule has 1 heterocycles. The number of carbonyl (C=O) groups excluding carboxylic acids is 1. The molecular formula is C16H8ClFN2O4. The largest absolute Gasteiger partial charge is 0.402 e. The molecular weight excluding hydrogens is 339 g/mol. The van der Waals surface area contributed by atoms with Gasteiger partial charge in [-0.25, -0.2) is 14.2 Å². The van der Waals surface area contributed by atoms with Crippen LogP contribution in [0.2, 0.25) is 5.02 Å². The van der Waals surface area contributed by atoms with Crippen LogP contribution in [0.15, 0.2) is 53.2 Å². The first kappa shape index (κ1) is 15.8. The molecule has 6 nitrogen and oxygen atoms in total. The number of benzene rings is 2. The molecule has 0 saturated heterocycles. The minimum Gasteiger partial charge on any atom is -0.402 e. The SMILES string of the molecule is O=C1OC(c2cccc(F)c2)=N/C1=C/c1ccc([N+](=O)[O-])c(Cl)c1. The Hall–Kier alpha value is -3.06. The van der Waals surface area contributed by atoms with E-state index < -0.39 is 16.7 Å². The van der Waals surface area contributed by atoms with Gasteiger partial charge in [-0.05, 0) is 42.0 Å².